The molecule has 2 atom stereocenters. The van der Waals surface area contributed by atoms with E-state index in [4.69, 9.17) is 14.6 Å². The van der Waals surface area contributed by atoms with Gasteiger partial charge < -0.3 is 14.6 Å². The molecule has 1 fully saturated rings. The minimum atomic E-state index is -4.57. The summed E-state index contributed by atoms with van der Waals surface area (Å²) in [4.78, 5) is 13.3. The Kier molecular flexibility index (Phi) is 6.06. The van der Waals surface area contributed by atoms with Gasteiger partial charge in [-0.15, -0.1) is 0 Å². The van der Waals surface area contributed by atoms with Gasteiger partial charge in [0.15, 0.2) is 0 Å². The third-order valence-corrected chi connectivity index (χ3v) is 3.80. The number of aliphatic hydroxyl groups is 1. The van der Waals surface area contributed by atoms with Crippen LogP contribution in [0.4, 0.5) is 23.7 Å². The van der Waals surface area contributed by atoms with Crippen LogP contribution >= 0.6 is 0 Å². The third kappa shape index (κ3) is 4.85. The molecule has 0 radical (unpaired) electrons. The first-order chi connectivity index (χ1) is 11.3. The van der Waals surface area contributed by atoms with Crippen molar-refractivity contribution in [3.05, 3.63) is 29.8 Å². The lowest BCUT2D eigenvalue weighted by atomic mass is 10.1. The molecule has 0 saturated carbocycles. The van der Waals surface area contributed by atoms with Crippen molar-refractivity contribution >= 4 is 11.8 Å². The van der Waals surface area contributed by atoms with E-state index in [9.17, 15) is 18.0 Å². The molecule has 0 aromatic heterocycles. The summed E-state index contributed by atoms with van der Waals surface area (Å²) in [5.74, 6) is 0. The number of alkyl halides is 3. The summed E-state index contributed by atoms with van der Waals surface area (Å²) in [6.07, 6.45) is -7.30. The monoisotopic (exact) mass is 347 g/mol. The van der Waals surface area contributed by atoms with E-state index in [0.717, 1.165) is 5.56 Å². The molecule has 5 nitrogen and oxygen atoms in total. The predicted octanol–water partition coefficient (Wildman–Crippen LogP) is 2.90. The fourth-order valence-electron chi connectivity index (χ4n) is 2.51. The summed E-state index contributed by atoms with van der Waals surface area (Å²) < 4.78 is 46.8. The summed E-state index contributed by atoms with van der Waals surface area (Å²) in [5, 5.41) is 8.96. The summed E-state index contributed by atoms with van der Waals surface area (Å²) in [6, 6.07) is 6.97. The average Bonchev–Trinajstić information content (AvgIpc) is 2.88. The van der Waals surface area contributed by atoms with Crippen molar-refractivity contribution in [3.8, 4) is 0 Å². The van der Waals surface area contributed by atoms with Crippen molar-refractivity contribution < 1.29 is 32.5 Å². The second kappa shape index (κ2) is 7.85. The Morgan fingerprint density at radius 2 is 2.04 bits per heavy atom. The zero-order valence-corrected chi connectivity index (χ0v) is 13.3. The van der Waals surface area contributed by atoms with Crippen LogP contribution < -0.4 is 4.90 Å². The number of halogens is 3. The minimum absolute atomic E-state index is 0.224. The maximum Gasteiger partial charge on any atom is 0.414 e. The van der Waals surface area contributed by atoms with Gasteiger partial charge in [0.2, 0.25) is 0 Å². The normalized spacial score (nSPS) is 19.5. The fraction of sp³-hybridized carbons (Fsp3) is 0.562. The first-order valence-electron chi connectivity index (χ1n) is 7.62. The topological polar surface area (TPSA) is 59.0 Å². The third-order valence-electron chi connectivity index (χ3n) is 3.80. The number of cyclic esters (lactones) is 1. The van der Waals surface area contributed by atoms with E-state index >= 15 is 0 Å². The van der Waals surface area contributed by atoms with Crippen LogP contribution in [0.5, 0.6) is 0 Å². The van der Waals surface area contributed by atoms with E-state index in [-0.39, 0.29) is 18.9 Å². The van der Waals surface area contributed by atoms with Crippen LogP contribution in [0.25, 0.3) is 0 Å². The molecule has 1 aliphatic heterocycles. The molecular formula is C16H20F3NO4. The zero-order valence-electron chi connectivity index (χ0n) is 13.3. The maximum atomic E-state index is 12.2. The summed E-state index contributed by atoms with van der Waals surface area (Å²) in [6.45, 7) is 0.714. The lowest BCUT2D eigenvalue weighted by molar-refractivity contribution is -0.205. The Morgan fingerprint density at radius 3 is 2.62 bits per heavy atom. The molecule has 0 aliphatic carbocycles. The number of aliphatic hydroxyl groups excluding tert-OH is 1. The number of carbonyl (C=O) groups excluding carboxylic acids is 1. The smallest absolute Gasteiger partial charge is 0.414 e. The Hall–Kier alpha value is -1.80. The Balaban J connectivity index is 1.86. The van der Waals surface area contributed by atoms with Gasteiger partial charge in [-0.2, -0.15) is 13.2 Å². The molecule has 2 unspecified atom stereocenters. The maximum absolute atomic E-state index is 12.2. The highest BCUT2D eigenvalue weighted by atomic mass is 19.4. The van der Waals surface area contributed by atoms with E-state index in [1.165, 1.54) is 12.0 Å². The molecule has 2 rings (SSSR count). The molecule has 1 aliphatic rings. The van der Waals surface area contributed by atoms with Gasteiger partial charge in [0.05, 0.1) is 13.2 Å². The van der Waals surface area contributed by atoms with Crippen LogP contribution in [0.15, 0.2) is 24.3 Å². The van der Waals surface area contributed by atoms with Crippen LogP contribution in [-0.2, 0) is 15.9 Å². The summed E-state index contributed by atoms with van der Waals surface area (Å²) >= 11 is 0. The van der Waals surface area contributed by atoms with Crippen molar-refractivity contribution in [2.75, 3.05) is 25.2 Å². The number of rotatable bonds is 7. The van der Waals surface area contributed by atoms with Crippen molar-refractivity contribution in [2.24, 2.45) is 0 Å². The molecule has 1 aromatic rings. The lowest BCUT2D eigenvalue weighted by Gasteiger charge is -2.15. The van der Waals surface area contributed by atoms with E-state index in [1.54, 1.807) is 24.3 Å². The first-order valence-corrected chi connectivity index (χ1v) is 7.62. The van der Waals surface area contributed by atoms with Crippen molar-refractivity contribution in [3.63, 3.8) is 0 Å². The molecule has 8 heteroatoms. The number of ether oxygens (including phenoxy) is 2. The van der Waals surface area contributed by atoms with Gasteiger partial charge >= 0.3 is 12.3 Å². The van der Waals surface area contributed by atoms with Gasteiger partial charge in [-0.05, 0) is 37.0 Å². The van der Waals surface area contributed by atoms with Gasteiger partial charge in [0.1, 0.15) is 12.2 Å². The van der Waals surface area contributed by atoms with Crippen molar-refractivity contribution in [1.82, 2.24) is 0 Å². The molecule has 0 spiro atoms. The van der Waals surface area contributed by atoms with E-state index in [1.807, 2.05) is 0 Å². The predicted molar refractivity (Wildman–Crippen MR) is 80.9 cm³/mol. The Morgan fingerprint density at radius 1 is 1.38 bits per heavy atom. The van der Waals surface area contributed by atoms with Gasteiger partial charge in [-0.25, -0.2) is 4.79 Å². The minimum Gasteiger partial charge on any atom is -0.441 e. The number of benzene rings is 1. The number of amides is 1. The average molecular weight is 347 g/mol. The largest absolute Gasteiger partial charge is 0.441 e. The van der Waals surface area contributed by atoms with E-state index in [2.05, 4.69) is 0 Å². The van der Waals surface area contributed by atoms with Crippen molar-refractivity contribution in [2.45, 2.75) is 37.6 Å². The molecule has 1 heterocycles. The van der Waals surface area contributed by atoms with Crippen LogP contribution in [0.2, 0.25) is 0 Å². The Labute approximate surface area is 138 Å². The summed E-state index contributed by atoms with van der Waals surface area (Å²) in [5.41, 5.74) is 1.51. The number of anilines is 1. The number of hydrogen-bond donors (Lipinski definition) is 1. The highest BCUT2D eigenvalue weighted by molar-refractivity contribution is 5.89. The lowest BCUT2D eigenvalue weighted by Crippen LogP contribution is -2.28. The van der Waals surface area contributed by atoms with Gasteiger partial charge in [-0.3, -0.25) is 4.90 Å². The van der Waals surface area contributed by atoms with Gasteiger partial charge in [0.25, 0.3) is 0 Å². The highest BCUT2D eigenvalue weighted by Gasteiger charge is 2.37. The molecule has 24 heavy (non-hydrogen) atoms. The van der Waals surface area contributed by atoms with E-state index in [0.29, 0.717) is 25.3 Å². The van der Waals surface area contributed by atoms with Crippen LogP contribution in [0, 0.1) is 0 Å². The zero-order chi connectivity index (χ0) is 17.7. The fourth-order valence-corrected chi connectivity index (χ4v) is 2.51. The van der Waals surface area contributed by atoms with E-state index < -0.39 is 18.4 Å². The van der Waals surface area contributed by atoms with Gasteiger partial charge in [-0.1, -0.05) is 12.1 Å². The molecular weight excluding hydrogens is 327 g/mol. The molecule has 1 amide bonds. The van der Waals surface area contributed by atoms with Crippen LogP contribution in [0.1, 0.15) is 18.4 Å². The highest BCUT2D eigenvalue weighted by Crippen LogP contribution is 2.25. The first kappa shape index (κ1) is 18.5. The number of nitrogens with zero attached hydrogens (tertiary/aromatic N) is 1. The Bertz CT molecular complexity index is 547. The second-order valence-corrected chi connectivity index (χ2v) is 5.69. The van der Waals surface area contributed by atoms with Gasteiger partial charge in [0, 0.05) is 12.8 Å². The number of hydrogen-bond acceptors (Lipinski definition) is 4. The number of aryl methyl sites for hydroxylation is 1. The second-order valence-electron chi connectivity index (χ2n) is 5.69. The SMILES string of the molecule is COCC1CN(c2ccc(CCCC(O)C(F)(F)F)cc2)C(=O)O1. The standard InChI is InChI=1S/C16H20F3NO4/c1-23-10-13-9-20(15(22)24-13)12-7-5-11(6-8-12)3-2-4-14(21)16(17,18)19/h5-8,13-14,21H,2-4,9-10H2,1H3. The molecule has 1 saturated heterocycles. The van der Waals surface area contributed by atoms with Crippen molar-refractivity contribution in [1.29, 1.82) is 0 Å². The number of carbonyl (C=O) groups is 1. The van der Waals surface area contributed by atoms with Crippen LogP contribution in [-0.4, -0.2) is 49.8 Å². The molecule has 1 N–H and O–H groups in total. The quantitative estimate of drug-likeness (QED) is 0.824. The van der Waals surface area contributed by atoms with Crippen LogP contribution in [0.3, 0.4) is 0 Å². The molecule has 0 bridgehead atoms. The number of methoxy groups -OCH3 is 1. The molecule has 134 valence electrons. The summed E-state index contributed by atoms with van der Waals surface area (Å²) in [7, 11) is 1.53. The molecule has 1 aromatic carbocycles.